The zero-order chi connectivity index (χ0) is 22.2. The number of hydrogen-bond donors (Lipinski definition) is 3. The Bertz CT molecular complexity index is 1290. The number of urea groups is 1. The molecule has 0 aliphatic heterocycles. The Labute approximate surface area is 177 Å². The second-order valence-electron chi connectivity index (χ2n) is 6.57. The number of carbonyl (C=O) groups is 1. The fourth-order valence-corrected chi connectivity index (χ4v) is 4.03. The second kappa shape index (κ2) is 7.88. The third kappa shape index (κ3) is 4.29. The molecule has 0 saturated heterocycles. The lowest BCUT2D eigenvalue weighted by Gasteiger charge is -2.12. The second-order valence-corrected chi connectivity index (χ2v) is 7.48. The predicted octanol–water partition coefficient (Wildman–Crippen LogP) is 6.35. The van der Waals surface area contributed by atoms with E-state index in [4.69, 9.17) is 5.73 Å². The van der Waals surface area contributed by atoms with Gasteiger partial charge in [-0.15, -0.1) is 11.3 Å². The lowest BCUT2D eigenvalue weighted by molar-refractivity contribution is -0.137. The summed E-state index contributed by atoms with van der Waals surface area (Å²) in [5.41, 5.74) is 6.11. The number of benzene rings is 2. The van der Waals surface area contributed by atoms with Crippen molar-refractivity contribution in [3.63, 3.8) is 0 Å². The zero-order valence-corrected chi connectivity index (χ0v) is 16.4. The van der Waals surface area contributed by atoms with Crippen molar-refractivity contribution >= 4 is 44.6 Å². The van der Waals surface area contributed by atoms with Gasteiger partial charge >= 0.3 is 12.2 Å². The molecule has 0 bridgehead atoms. The molecule has 158 valence electrons. The molecule has 4 N–H and O–H groups in total. The molecular formula is C21H14F4N4OS. The van der Waals surface area contributed by atoms with Gasteiger partial charge in [0.2, 0.25) is 0 Å². The number of pyridine rings is 1. The van der Waals surface area contributed by atoms with Crippen LogP contribution in [0.4, 0.5) is 39.5 Å². The molecule has 0 atom stereocenters. The number of nitrogen functional groups attached to an aromatic ring is 1. The molecule has 0 fully saturated rings. The standard InChI is InChI=1S/C21H14F4N4OS/c22-15-8-11(14-10-31-17-6-7-27-19(26)18(14)17)4-5-16(15)29-20(30)28-13-3-1-2-12(9-13)21(23,24)25/h1-10H,(H2,26,27)(H2,28,29,30). The molecule has 0 saturated carbocycles. The summed E-state index contributed by atoms with van der Waals surface area (Å²) in [6.07, 6.45) is -2.95. The van der Waals surface area contributed by atoms with E-state index in [9.17, 15) is 22.4 Å². The smallest absolute Gasteiger partial charge is 0.383 e. The highest BCUT2D eigenvalue weighted by molar-refractivity contribution is 7.17. The molecule has 0 aliphatic carbocycles. The molecule has 0 unspecified atom stereocenters. The topological polar surface area (TPSA) is 80.0 Å². The molecule has 4 aromatic rings. The molecular weight excluding hydrogens is 432 g/mol. The largest absolute Gasteiger partial charge is 0.416 e. The first-order chi connectivity index (χ1) is 14.7. The molecule has 2 aromatic heterocycles. The Morgan fingerprint density at radius 3 is 2.61 bits per heavy atom. The van der Waals surface area contributed by atoms with Gasteiger partial charge in [-0.25, -0.2) is 14.2 Å². The van der Waals surface area contributed by atoms with Crippen LogP contribution in [-0.4, -0.2) is 11.0 Å². The number of hydrogen-bond acceptors (Lipinski definition) is 4. The van der Waals surface area contributed by atoms with E-state index in [1.165, 1.54) is 35.6 Å². The highest BCUT2D eigenvalue weighted by Gasteiger charge is 2.30. The van der Waals surface area contributed by atoms with Crippen molar-refractivity contribution in [2.24, 2.45) is 0 Å². The summed E-state index contributed by atoms with van der Waals surface area (Å²) in [4.78, 5) is 16.2. The van der Waals surface area contributed by atoms with E-state index in [2.05, 4.69) is 15.6 Å². The van der Waals surface area contributed by atoms with Crippen molar-refractivity contribution in [3.05, 3.63) is 71.5 Å². The number of nitrogens with one attached hydrogen (secondary N) is 2. The van der Waals surface area contributed by atoms with E-state index in [0.29, 0.717) is 16.9 Å². The first-order valence-corrected chi connectivity index (χ1v) is 9.77. The van der Waals surface area contributed by atoms with Crippen molar-refractivity contribution in [1.82, 2.24) is 4.98 Å². The Morgan fingerprint density at radius 2 is 1.87 bits per heavy atom. The number of alkyl halides is 3. The number of anilines is 3. The fourth-order valence-electron chi connectivity index (χ4n) is 3.06. The van der Waals surface area contributed by atoms with Gasteiger partial charge in [-0.3, -0.25) is 0 Å². The fraction of sp³-hybridized carbons (Fsp3) is 0.0476. The van der Waals surface area contributed by atoms with Gasteiger partial charge < -0.3 is 16.4 Å². The van der Waals surface area contributed by atoms with Gasteiger partial charge in [0.15, 0.2) is 0 Å². The van der Waals surface area contributed by atoms with Gasteiger partial charge in [-0.2, -0.15) is 13.2 Å². The Kier molecular flexibility index (Phi) is 5.24. The molecule has 5 nitrogen and oxygen atoms in total. The maximum Gasteiger partial charge on any atom is 0.416 e. The van der Waals surface area contributed by atoms with Gasteiger partial charge in [0.25, 0.3) is 0 Å². The first-order valence-electron chi connectivity index (χ1n) is 8.89. The van der Waals surface area contributed by atoms with Crippen LogP contribution >= 0.6 is 11.3 Å². The van der Waals surface area contributed by atoms with Crippen molar-refractivity contribution in [2.45, 2.75) is 6.18 Å². The van der Waals surface area contributed by atoms with Crippen LogP contribution in [0.3, 0.4) is 0 Å². The van der Waals surface area contributed by atoms with Crippen LogP contribution in [0.2, 0.25) is 0 Å². The Morgan fingerprint density at radius 1 is 1.06 bits per heavy atom. The van der Waals surface area contributed by atoms with E-state index in [0.717, 1.165) is 22.2 Å². The van der Waals surface area contributed by atoms with Gasteiger partial charge in [-0.05, 0) is 47.3 Å². The number of halogens is 4. The first kappa shape index (κ1) is 20.6. The van der Waals surface area contributed by atoms with Gasteiger partial charge in [-0.1, -0.05) is 12.1 Å². The summed E-state index contributed by atoms with van der Waals surface area (Å²) in [6, 6.07) is 9.30. The predicted molar refractivity (Wildman–Crippen MR) is 114 cm³/mol. The molecule has 0 spiro atoms. The minimum atomic E-state index is -4.54. The zero-order valence-electron chi connectivity index (χ0n) is 15.6. The average Bonchev–Trinajstić information content (AvgIpc) is 3.15. The SMILES string of the molecule is Nc1nccc2scc(-c3ccc(NC(=O)Nc4cccc(C(F)(F)F)c4)c(F)c3)c12. The maximum absolute atomic E-state index is 14.6. The summed E-state index contributed by atoms with van der Waals surface area (Å²) in [5.74, 6) is -0.379. The molecule has 2 heterocycles. The molecule has 10 heteroatoms. The summed E-state index contributed by atoms with van der Waals surface area (Å²) >= 11 is 1.45. The molecule has 31 heavy (non-hydrogen) atoms. The van der Waals surface area contributed by atoms with Crippen LogP contribution in [0, 0.1) is 5.82 Å². The van der Waals surface area contributed by atoms with Crippen LogP contribution in [0.1, 0.15) is 5.56 Å². The minimum Gasteiger partial charge on any atom is -0.383 e. The number of rotatable bonds is 3. The Balaban J connectivity index is 1.53. The average molecular weight is 446 g/mol. The van der Waals surface area contributed by atoms with Crippen LogP contribution in [0.25, 0.3) is 21.2 Å². The Hall–Kier alpha value is -3.66. The highest BCUT2D eigenvalue weighted by atomic mass is 32.1. The maximum atomic E-state index is 14.6. The number of nitrogens with zero attached hydrogens (tertiary/aromatic N) is 1. The van der Waals surface area contributed by atoms with Gasteiger partial charge in [0.05, 0.1) is 11.3 Å². The number of aromatic nitrogens is 1. The van der Waals surface area contributed by atoms with Gasteiger partial charge in [0.1, 0.15) is 11.6 Å². The quantitative estimate of drug-likeness (QED) is 0.321. The van der Waals surface area contributed by atoms with Crippen LogP contribution in [-0.2, 0) is 6.18 Å². The summed E-state index contributed by atoms with van der Waals surface area (Å²) in [7, 11) is 0. The molecule has 0 radical (unpaired) electrons. The molecule has 2 aromatic carbocycles. The van der Waals surface area contributed by atoms with E-state index in [1.807, 2.05) is 11.4 Å². The van der Waals surface area contributed by atoms with E-state index in [-0.39, 0.29) is 11.4 Å². The van der Waals surface area contributed by atoms with E-state index in [1.54, 1.807) is 12.3 Å². The number of fused-ring (bicyclic) bond motifs is 1. The minimum absolute atomic E-state index is 0.0722. The highest BCUT2D eigenvalue weighted by Crippen LogP contribution is 2.37. The lowest BCUT2D eigenvalue weighted by atomic mass is 10.0. The van der Waals surface area contributed by atoms with E-state index < -0.39 is 23.6 Å². The van der Waals surface area contributed by atoms with Crippen molar-refractivity contribution in [1.29, 1.82) is 0 Å². The summed E-state index contributed by atoms with van der Waals surface area (Å²) < 4.78 is 53.9. The normalized spacial score (nSPS) is 11.5. The van der Waals surface area contributed by atoms with Crippen molar-refractivity contribution in [2.75, 3.05) is 16.4 Å². The number of nitrogens with two attached hydrogens (primary N) is 1. The third-order valence-electron chi connectivity index (χ3n) is 4.49. The third-order valence-corrected chi connectivity index (χ3v) is 5.44. The van der Waals surface area contributed by atoms with E-state index >= 15 is 0 Å². The molecule has 2 amide bonds. The summed E-state index contributed by atoms with van der Waals surface area (Å²) in [5, 5.41) is 7.12. The number of amides is 2. The summed E-state index contributed by atoms with van der Waals surface area (Å²) in [6.45, 7) is 0. The van der Waals surface area contributed by atoms with Crippen LogP contribution in [0.15, 0.2) is 60.1 Å². The molecule has 4 rings (SSSR count). The monoisotopic (exact) mass is 446 g/mol. The van der Waals surface area contributed by atoms with Gasteiger partial charge in [0, 0.05) is 27.5 Å². The van der Waals surface area contributed by atoms with Crippen molar-refractivity contribution in [3.8, 4) is 11.1 Å². The number of carbonyl (C=O) groups excluding carboxylic acids is 1. The van der Waals surface area contributed by atoms with Crippen LogP contribution in [0.5, 0.6) is 0 Å². The van der Waals surface area contributed by atoms with Crippen LogP contribution < -0.4 is 16.4 Å². The van der Waals surface area contributed by atoms with Crippen molar-refractivity contribution < 1.29 is 22.4 Å². The number of thiophene rings is 1. The lowest BCUT2D eigenvalue weighted by Crippen LogP contribution is -2.20. The molecule has 0 aliphatic rings.